The van der Waals surface area contributed by atoms with Gasteiger partial charge in [0.1, 0.15) is 23.9 Å². The number of carbonyl (C=O) groups excluding carboxylic acids is 2. The van der Waals surface area contributed by atoms with Crippen LogP contribution in [0.25, 0.3) is 22.3 Å². The number of aliphatic carboxylic acids is 2. The van der Waals surface area contributed by atoms with Gasteiger partial charge in [-0.15, -0.1) is 0 Å². The molecule has 0 radical (unpaired) electrons. The molecule has 534 valence electrons. The van der Waals surface area contributed by atoms with Crippen LogP contribution in [0.2, 0.25) is 0 Å². The van der Waals surface area contributed by atoms with Gasteiger partial charge in [-0.3, -0.25) is 14.3 Å². The second kappa shape index (κ2) is 31.6. The van der Waals surface area contributed by atoms with Crippen LogP contribution in [-0.4, -0.2) is 127 Å². The van der Waals surface area contributed by atoms with E-state index in [1.165, 1.54) is 0 Å². The largest absolute Gasteiger partial charge is 0.481 e. The van der Waals surface area contributed by atoms with Crippen molar-refractivity contribution in [3.05, 3.63) is 126 Å². The zero-order chi connectivity index (χ0) is 70.3. The summed E-state index contributed by atoms with van der Waals surface area (Å²) in [5.74, 6) is -2.86. The van der Waals surface area contributed by atoms with Crippen LogP contribution in [0.4, 0.5) is 65.4 Å². The predicted molar refractivity (Wildman–Crippen MR) is 343 cm³/mol. The van der Waals surface area contributed by atoms with Gasteiger partial charge in [0, 0.05) is 129 Å². The first-order chi connectivity index (χ1) is 45.9. The van der Waals surface area contributed by atoms with Gasteiger partial charge in [0.15, 0.2) is 0 Å². The fourth-order valence-corrected chi connectivity index (χ4v) is 14.1. The van der Waals surface area contributed by atoms with Gasteiger partial charge >= 0.3 is 42.7 Å². The summed E-state index contributed by atoms with van der Waals surface area (Å²) in [6, 6.07) is 3.77. The van der Waals surface area contributed by atoms with E-state index in [0.717, 1.165) is 36.1 Å². The van der Waals surface area contributed by atoms with Gasteiger partial charge in [0.05, 0.1) is 28.8 Å². The first kappa shape index (κ1) is 75.2. The lowest BCUT2D eigenvalue weighted by atomic mass is 9.87. The van der Waals surface area contributed by atoms with Gasteiger partial charge in [-0.05, 0) is 143 Å². The van der Waals surface area contributed by atoms with Crippen molar-refractivity contribution in [2.24, 2.45) is 25.4 Å². The monoisotopic (exact) mass is 1390 g/mol. The topological polar surface area (TPSA) is 214 Å². The lowest BCUT2D eigenvalue weighted by molar-refractivity contribution is -0.151. The summed E-state index contributed by atoms with van der Waals surface area (Å²) in [6.07, 6.45) is 5.15. The van der Waals surface area contributed by atoms with Crippen LogP contribution in [0.1, 0.15) is 166 Å². The van der Waals surface area contributed by atoms with Gasteiger partial charge in [-0.2, -0.15) is 44.6 Å². The van der Waals surface area contributed by atoms with Gasteiger partial charge in [0.2, 0.25) is 11.9 Å². The maximum absolute atomic E-state index is 14.5. The van der Waals surface area contributed by atoms with E-state index in [-0.39, 0.29) is 80.4 Å². The van der Waals surface area contributed by atoms with Crippen molar-refractivity contribution in [3.8, 4) is 22.3 Å². The van der Waals surface area contributed by atoms with E-state index < -0.39 is 94.6 Å². The molecule has 4 fully saturated rings. The Morgan fingerprint density at radius 2 is 1.02 bits per heavy atom. The van der Waals surface area contributed by atoms with Crippen molar-refractivity contribution in [3.63, 3.8) is 0 Å². The number of amides is 2. The first-order valence-corrected chi connectivity index (χ1v) is 32.7. The third-order valence-corrected chi connectivity index (χ3v) is 19.3. The molecule has 6 atom stereocenters. The Morgan fingerprint density at radius 1 is 0.582 bits per heavy atom. The summed E-state index contributed by atoms with van der Waals surface area (Å²) in [7, 11) is 3.63. The molecule has 0 bridgehead atoms. The number of aromatic nitrogens is 7. The number of alkyl halides is 9. The molecular formula is C69H85F10N11O8. The number of likely N-dealkylation sites (tertiary alicyclic amines) is 2. The van der Waals surface area contributed by atoms with E-state index in [4.69, 9.17) is 9.47 Å². The van der Waals surface area contributed by atoms with Gasteiger partial charge < -0.3 is 43.9 Å². The van der Waals surface area contributed by atoms with Crippen LogP contribution in [0.3, 0.4) is 0 Å². The summed E-state index contributed by atoms with van der Waals surface area (Å²) in [5.41, 5.74) is -2.14. The highest BCUT2D eigenvalue weighted by atomic mass is 19.4. The van der Waals surface area contributed by atoms with E-state index in [9.17, 15) is 73.3 Å². The average molecular weight is 1390 g/mol. The fourth-order valence-electron chi connectivity index (χ4n) is 14.1. The Labute approximate surface area is 562 Å². The number of piperidine rings is 2. The molecule has 2 N–H and O–H groups in total. The Kier molecular flexibility index (Phi) is 24.2. The number of hydrogen-bond donors (Lipinski definition) is 2. The zero-order valence-corrected chi connectivity index (χ0v) is 54.8. The molecule has 98 heavy (non-hydrogen) atoms. The van der Waals surface area contributed by atoms with E-state index in [2.05, 4.69) is 25.0 Å². The summed E-state index contributed by atoms with van der Waals surface area (Å²) in [5, 5.41) is 23.4. The third-order valence-electron chi connectivity index (χ3n) is 19.3. The van der Waals surface area contributed by atoms with Gasteiger partial charge in [0.25, 0.3) is 0 Å². The van der Waals surface area contributed by atoms with Crippen molar-refractivity contribution in [1.82, 2.24) is 44.1 Å². The average Bonchev–Trinajstić information content (AvgIpc) is 1.09. The number of aryl methyl sites for hydroxylation is 2. The number of carbonyl (C=O) groups is 4. The minimum atomic E-state index is -5.02. The first-order valence-electron chi connectivity index (χ1n) is 32.7. The number of carboxylic acids is 2. The van der Waals surface area contributed by atoms with E-state index in [1.54, 1.807) is 57.4 Å². The number of benzene rings is 2. The Morgan fingerprint density at radius 3 is 1.42 bits per heavy atom. The number of halogens is 10. The SMILES string of the molecule is C.CC[C@@H]1CC(N(Cc2cc(C(F)(F)F)cc(C(F)(F)F)c2)c2ncc(-c3ccn(C)c3)cn2)C[C@H](CC)N1C(=O)OCC1(C(=O)O)CCCC1.CC[C@@H]1CC(N(Cc2cc(F)cc(C(F)(F)F)c2)c2ncc(-c3cnn(C)c3)cn2)C[C@H](CC)N1C(=O)OC1CCC(C(=O)O)CC1. The van der Waals surface area contributed by atoms with Crippen LogP contribution >= 0.6 is 0 Å². The highest BCUT2D eigenvalue weighted by molar-refractivity contribution is 5.76. The molecule has 2 saturated heterocycles. The van der Waals surface area contributed by atoms with Crippen LogP contribution in [-0.2, 0) is 64.8 Å². The summed E-state index contributed by atoms with van der Waals surface area (Å²) in [4.78, 5) is 75.7. The van der Waals surface area contributed by atoms with Crippen molar-refractivity contribution < 1.29 is 82.8 Å². The van der Waals surface area contributed by atoms with Crippen molar-refractivity contribution >= 4 is 36.0 Å². The number of ether oxygens (including phenoxy) is 2. The molecule has 2 amide bonds. The summed E-state index contributed by atoms with van der Waals surface area (Å²) >= 11 is 0. The molecule has 6 aromatic rings. The van der Waals surface area contributed by atoms with Crippen LogP contribution < -0.4 is 9.80 Å². The van der Waals surface area contributed by atoms with Crippen LogP contribution in [0.15, 0.2) is 92.0 Å². The minimum absolute atomic E-state index is 0. The molecule has 4 aliphatic rings. The molecular weight excluding hydrogens is 1300 g/mol. The van der Waals surface area contributed by atoms with Crippen LogP contribution in [0.5, 0.6) is 0 Å². The van der Waals surface area contributed by atoms with Gasteiger partial charge in [-0.25, -0.2) is 33.9 Å². The van der Waals surface area contributed by atoms with Crippen LogP contribution in [0, 0.1) is 17.2 Å². The maximum Gasteiger partial charge on any atom is 0.416 e. The quantitative estimate of drug-likeness (QED) is 0.0722. The molecule has 2 aromatic carbocycles. The summed E-state index contributed by atoms with van der Waals surface area (Å²) in [6.45, 7) is 6.97. The second-order valence-electron chi connectivity index (χ2n) is 25.9. The number of carboxylic acid groups (broad SMARTS) is 2. The van der Waals surface area contributed by atoms with E-state index in [0.29, 0.717) is 119 Å². The molecule has 2 saturated carbocycles. The lowest BCUT2D eigenvalue weighted by Crippen LogP contribution is -2.57. The van der Waals surface area contributed by atoms with Gasteiger partial charge in [-0.1, -0.05) is 48.0 Å². The Balaban J connectivity index is 0.000000248. The lowest BCUT2D eigenvalue weighted by Gasteiger charge is -2.47. The molecule has 0 spiro atoms. The van der Waals surface area contributed by atoms with Crippen molar-refractivity contribution in [2.45, 2.75) is 212 Å². The second-order valence-corrected chi connectivity index (χ2v) is 25.9. The third kappa shape index (κ3) is 18.0. The predicted octanol–water partition coefficient (Wildman–Crippen LogP) is 15.8. The van der Waals surface area contributed by atoms with E-state index >= 15 is 0 Å². The standard InChI is InChI=1S/C35H41F6N5O4.C33H40F4N6O4.CH4/c1-4-27-15-29(16-28(5-2)46(27)32(49)50-21-33(30(47)48)9-6-7-10-33)45(31-42-17-24(18-43-31)23-8-11-44(3)20-23)19-22-12-25(34(36,37)38)14-26(13-22)35(39,40)41;1-4-26-13-28(14-27(5-2)43(26)32(46)47-29-8-6-21(7-9-29)30(44)45)42(18-20-10-24(33(35,36)37)12-25(34)11-20)31-38-15-22(16-39-31)23-17-40-41(3)19-23;/h8,11-14,17-18,20,27-29H,4-7,9-10,15-16,19,21H2,1-3H3,(H,47,48);10-12,15-17,19,21,26-29H,4-9,13-14,18H2,1-3H3,(H,44,45);1H4/t27-,28+,29?;21?,26-,27+,28?,29?;. The number of hydrogen-bond acceptors (Lipinski definition) is 13. The molecule has 2 aliphatic heterocycles. The Bertz CT molecular complexity index is 3610. The molecule has 2 unspecified atom stereocenters. The number of rotatable bonds is 19. The molecule has 19 nitrogen and oxygen atoms in total. The highest BCUT2D eigenvalue weighted by Gasteiger charge is 2.47. The molecule has 6 heterocycles. The fraction of sp³-hybridized carbons (Fsp3) is 0.551. The smallest absolute Gasteiger partial charge is 0.416 e. The summed E-state index contributed by atoms with van der Waals surface area (Å²) < 4.78 is 153. The molecule has 4 aromatic heterocycles. The number of anilines is 2. The normalized spacial score (nSPS) is 21.9. The number of nitrogens with zero attached hydrogens (tertiary/aromatic N) is 11. The van der Waals surface area contributed by atoms with E-state index in [1.807, 2.05) is 68.9 Å². The van der Waals surface area contributed by atoms with Crippen molar-refractivity contribution in [2.75, 3.05) is 16.4 Å². The molecule has 2 aliphatic carbocycles. The molecule has 29 heteroatoms. The highest BCUT2D eigenvalue weighted by Crippen LogP contribution is 2.43. The zero-order valence-electron chi connectivity index (χ0n) is 54.8. The Hall–Kier alpha value is -8.53. The maximum atomic E-state index is 14.5. The molecule has 10 rings (SSSR count). The minimum Gasteiger partial charge on any atom is -0.481 e. The van der Waals surface area contributed by atoms with Crippen molar-refractivity contribution in [1.29, 1.82) is 0 Å².